The van der Waals surface area contributed by atoms with Crippen molar-refractivity contribution in [2.24, 2.45) is 0 Å². The van der Waals surface area contributed by atoms with E-state index in [4.69, 9.17) is 4.74 Å². The van der Waals surface area contributed by atoms with Crippen molar-refractivity contribution in [1.29, 1.82) is 0 Å². The van der Waals surface area contributed by atoms with E-state index in [1.54, 1.807) is 6.92 Å². The van der Waals surface area contributed by atoms with Crippen molar-refractivity contribution in [3.8, 4) is 0 Å². The van der Waals surface area contributed by atoms with Gasteiger partial charge in [-0.1, -0.05) is 0 Å². The van der Waals surface area contributed by atoms with E-state index in [1.165, 1.54) is 6.20 Å². The molecule has 1 saturated heterocycles. The average Bonchev–Trinajstić information content (AvgIpc) is 2.64. The summed E-state index contributed by atoms with van der Waals surface area (Å²) in [7, 11) is -3.47. The Balaban J connectivity index is 2.10. The van der Waals surface area contributed by atoms with Gasteiger partial charge in [0.25, 0.3) is 0 Å². The maximum atomic E-state index is 12.1. The highest BCUT2D eigenvalue weighted by molar-refractivity contribution is 7.89. The van der Waals surface area contributed by atoms with Gasteiger partial charge in [0.2, 0.25) is 10.0 Å². The first-order valence-corrected chi connectivity index (χ1v) is 7.11. The molecule has 0 bridgehead atoms. The predicted molar refractivity (Wildman–Crippen MR) is 62.1 cm³/mol. The van der Waals surface area contributed by atoms with Gasteiger partial charge in [0.15, 0.2) is 0 Å². The van der Waals surface area contributed by atoms with Gasteiger partial charge in [0, 0.05) is 12.6 Å². The molecule has 1 aromatic heterocycles. The molecule has 6 nitrogen and oxygen atoms in total. The van der Waals surface area contributed by atoms with Crippen molar-refractivity contribution < 1.29 is 13.2 Å². The first kappa shape index (κ1) is 12.5. The van der Waals surface area contributed by atoms with Crippen LogP contribution in [0.4, 0.5) is 0 Å². The molecule has 1 aliphatic rings. The number of sulfonamides is 1. The van der Waals surface area contributed by atoms with Gasteiger partial charge in [0.05, 0.1) is 18.0 Å². The summed E-state index contributed by atoms with van der Waals surface area (Å²) in [4.78, 5) is 0.219. The second-order valence-corrected chi connectivity index (χ2v) is 6.07. The quantitative estimate of drug-likeness (QED) is 0.831. The van der Waals surface area contributed by atoms with Crippen molar-refractivity contribution >= 4 is 10.0 Å². The highest BCUT2D eigenvalue weighted by Crippen LogP contribution is 2.17. The molecule has 2 rings (SSSR count). The number of hydrogen-bond donors (Lipinski definition) is 2. The second-order valence-electron chi connectivity index (χ2n) is 4.38. The smallest absolute Gasteiger partial charge is 0.244 e. The van der Waals surface area contributed by atoms with Gasteiger partial charge in [-0.25, -0.2) is 13.1 Å². The fraction of sp³-hybridized carbons (Fsp3) is 0.700. The van der Waals surface area contributed by atoms with Gasteiger partial charge in [-0.15, -0.1) is 0 Å². The van der Waals surface area contributed by atoms with E-state index >= 15 is 0 Å². The molecular formula is C10H17N3O3S. The summed E-state index contributed by atoms with van der Waals surface area (Å²) in [6, 6.07) is -0.0574. The molecule has 2 heterocycles. The molecule has 1 aromatic rings. The maximum Gasteiger partial charge on any atom is 0.244 e. The number of aromatic amines is 1. The van der Waals surface area contributed by atoms with Crippen LogP contribution in [-0.4, -0.2) is 37.4 Å². The first-order valence-electron chi connectivity index (χ1n) is 5.63. The van der Waals surface area contributed by atoms with Gasteiger partial charge in [0.1, 0.15) is 4.90 Å². The normalized spacial score (nSPS) is 26.0. The molecule has 2 N–H and O–H groups in total. The van der Waals surface area contributed by atoms with E-state index in [0.29, 0.717) is 25.1 Å². The van der Waals surface area contributed by atoms with Gasteiger partial charge in [-0.3, -0.25) is 5.10 Å². The summed E-state index contributed by atoms with van der Waals surface area (Å²) in [5, 5.41) is 6.35. The van der Waals surface area contributed by atoms with E-state index < -0.39 is 10.0 Å². The predicted octanol–water partition coefficient (Wildman–Crippen LogP) is 0.564. The van der Waals surface area contributed by atoms with E-state index in [1.807, 2.05) is 6.92 Å². The third-order valence-electron chi connectivity index (χ3n) is 2.88. The minimum absolute atomic E-state index is 0.0574. The Kier molecular flexibility index (Phi) is 3.50. The molecule has 0 aliphatic carbocycles. The molecule has 2 unspecified atom stereocenters. The molecule has 0 aromatic carbocycles. The highest BCUT2D eigenvalue weighted by Gasteiger charge is 2.26. The Hall–Kier alpha value is -0.920. The zero-order valence-electron chi connectivity index (χ0n) is 9.93. The summed E-state index contributed by atoms with van der Waals surface area (Å²) in [5.41, 5.74) is 0.553. The largest absolute Gasteiger partial charge is 0.378 e. The number of hydrogen-bond acceptors (Lipinski definition) is 4. The van der Waals surface area contributed by atoms with Crippen LogP contribution < -0.4 is 4.72 Å². The van der Waals surface area contributed by atoms with Crippen LogP contribution in [0, 0.1) is 6.92 Å². The number of nitrogens with one attached hydrogen (secondary N) is 2. The van der Waals surface area contributed by atoms with Crippen LogP contribution in [0.25, 0.3) is 0 Å². The van der Waals surface area contributed by atoms with Crippen molar-refractivity contribution in [3.05, 3.63) is 11.9 Å². The molecule has 96 valence electrons. The number of rotatable bonds is 3. The lowest BCUT2D eigenvalue weighted by atomic mass is 10.1. The van der Waals surface area contributed by atoms with Crippen LogP contribution in [0.1, 0.15) is 25.5 Å². The lowest BCUT2D eigenvalue weighted by Gasteiger charge is -2.27. The van der Waals surface area contributed by atoms with E-state index in [0.717, 1.165) is 0 Å². The lowest BCUT2D eigenvalue weighted by molar-refractivity contribution is 0.0173. The average molecular weight is 259 g/mol. The van der Waals surface area contributed by atoms with E-state index in [2.05, 4.69) is 14.9 Å². The summed E-state index contributed by atoms with van der Waals surface area (Å²) < 4.78 is 32.2. The number of nitrogens with zero attached hydrogens (tertiary/aromatic N) is 1. The Morgan fingerprint density at radius 3 is 2.94 bits per heavy atom. The van der Waals surface area contributed by atoms with Gasteiger partial charge < -0.3 is 4.74 Å². The van der Waals surface area contributed by atoms with Crippen molar-refractivity contribution in [2.75, 3.05) is 6.61 Å². The SMILES string of the molecule is Cc1[nH]ncc1S(=O)(=O)NC1CCOC(C)C1. The maximum absolute atomic E-state index is 12.1. The van der Waals surface area contributed by atoms with Crippen LogP contribution in [0.5, 0.6) is 0 Å². The fourth-order valence-electron chi connectivity index (χ4n) is 2.00. The minimum Gasteiger partial charge on any atom is -0.378 e. The molecule has 0 amide bonds. The first-order chi connectivity index (χ1) is 7.99. The third kappa shape index (κ3) is 2.85. The van der Waals surface area contributed by atoms with Crippen molar-refractivity contribution in [3.63, 3.8) is 0 Å². The summed E-state index contributed by atoms with van der Waals surface area (Å²) in [6.07, 6.45) is 2.85. The zero-order valence-corrected chi connectivity index (χ0v) is 10.8. The number of aromatic nitrogens is 2. The zero-order chi connectivity index (χ0) is 12.5. The number of aryl methyl sites for hydroxylation is 1. The topological polar surface area (TPSA) is 84.1 Å². The van der Waals surface area contributed by atoms with Crippen LogP contribution in [0.15, 0.2) is 11.1 Å². The molecule has 1 aliphatic heterocycles. The molecule has 2 atom stereocenters. The van der Waals surface area contributed by atoms with Gasteiger partial charge in [-0.05, 0) is 26.7 Å². The van der Waals surface area contributed by atoms with Crippen LogP contribution in [-0.2, 0) is 14.8 Å². The molecule has 1 fully saturated rings. The van der Waals surface area contributed by atoms with Crippen molar-refractivity contribution in [2.45, 2.75) is 43.7 Å². The Labute approximate surface area is 101 Å². The third-order valence-corrected chi connectivity index (χ3v) is 4.51. The van der Waals surface area contributed by atoms with Gasteiger partial charge >= 0.3 is 0 Å². The van der Waals surface area contributed by atoms with Crippen molar-refractivity contribution in [1.82, 2.24) is 14.9 Å². The Bertz CT molecular complexity index is 483. The van der Waals surface area contributed by atoms with Crippen LogP contribution in [0.3, 0.4) is 0 Å². The standard InChI is InChI=1S/C10H17N3O3S/c1-7-5-9(3-4-16-7)13-17(14,15)10-6-11-12-8(10)2/h6-7,9,13H,3-5H2,1-2H3,(H,11,12). The van der Waals surface area contributed by atoms with E-state index in [9.17, 15) is 8.42 Å². The van der Waals surface area contributed by atoms with E-state index in [-0.39, 0.29) is 17.0 Å². The molecule has 0 saturated carbocycles. The molecule has 7 heteroatoms. The number of H-pyrrole nitrogens is 1. The second kappa shape index (κ2) is 4.75. The Morgan fingerprint density at radius 1 is 1.59 bits per heavy atom. The monoisotopic (exact) mass is 259 g/mol. The highest BCUT2D eigenvalue weighted by atomic mass is 32.2. The Morgan fingerprint density at radius 2 is 2.35 bits per heavy atom. The minimum atomic E-state index is -3.47. The number of ether oxygens (including phenoxy) is 1. The van der Waals surface area contributed by atoms with Crippen LogP contribution in [0.2, 0.25) is 0 Å². The lowest BCUT2D eigenvalue weighted by Crippen LogP contribution is -2.41. The summed E-state index contributed by atoms with van der Waals surface area (Å²) >= 11 is 0. The fourth-order valence-corrected chi connectivity index (χ4v) is 3.42. The molecule has 0 spiro atoms. The molecule has 17 heavy (non-hydrogen) atoms. The van der Waals surface area contributed by atoms with Gasteiger partial charge in [-0.2, -0.15) is 5.10 Å². The van der Waals surface area contributed by atoms with Crippen LogP contribution >= 0.6 is 0 Å². The summed E-state index contributed by atoms with van der Waals surface area (Å²) in [6.45, 7) is 4.23. The summed E-state index contributed by atoms with van der Waals surface area (Å²) in [5.74, 6) is 0. The molecular weight excluding hydrogens is 242 g/mol. The molecule has 0 radical (unpaired) electrons.